The number of aliphatic carboxylic acids is 1. The van der Waals surface area contributed by atoms with Crippen LogP contribution in [0.25, 0.3) is 0 Å². The molecule has 0 bridgehead atoms. The van der Waals surface area contributed by atoms with Gasteiger partial charge in [0, 0.05) is 22.8 Å². The number of hydrogen-bond acceptors (Lipinski definition) is 5. The molecule has 4 aromatic carbocycles. The lowest BCUT2D eigenvalue weighted by atomic mass is 10.1. The first-order valence-electron chi connectivity index (χ1n) is 12.0. The van der Waals surface area contributed by atoms with Crippen LogP contribution in [-0.4, -0.2) is 42.3 Å². The van der Waals surface area contributed by atoms with Gasteiger partial charge in [-0.05, 0) is 72.3 Å². The van der Waals surface area contributed by atoms with E-state index in [0.29, 0.717) is 33.3 Å². The van der Waals surface area contributed by atoms with Gasteiger partial charge in [0.1, 0.15) is 17.5 Å². The first-order chi connectivity index (χ1) is 18.7. The number of rotatable bonds is 6. The van der Waals surface area contributed by atoms with Crippen LogP contribution >= 0.6 is 11.6 Å². The van der Waals surface area contributed by atoms with Crippen molar-refractivity contribution >= 4 is 39.2 Å². The molecular formula is C29H23ClN2O6S. The highest BCUT2D eigenvalue weighted by atomic mass is 35.5. The number of amides is 1. The SMILES string of the molecule is O=C(O)C1CN(C(=O)c2ccccc2)c2ccccc2CN1S(=O)(=O)c1ccc(Oc2ccc(Cl)cc2)cc1. The number of para-hydroxylation sites is 1. The fourth-order valence-electron chi connectivity index (χ4n) is 4.38. The predicted molar refractivity (Wildman–Crippen MR) is 147 cm³/mol. The van der Waals surface area contributed by atoms with Crippen molar-refractivity contribution in [1.29, 1.82) is 0 Å². The number of anilines is 1. The van der Waals surface area contributed by atoms with Gasteiger partial charge in [0.05, 0.1) is 11.4 Å². The van der Waals surface area contributed by atoms with Gasteiger partial charge >= 0.3 is 5.97 Å². The zero-order valence-electron chi connectivity index (χ0n) is 20.5. The summed E-state index contributed by atoms with van der Waals surface area (Å²) in [5.41, 5.74) is 1.34. The van der Waals surface area contributed by atoms with E-state index in [2.05, 4.69) is 0 Å². The Hall–Kier alpha value is -4.18. The van der Waals surface area contributed by atoms with Crippen molar-refractivity contribution in [3.8, 4) is 11.5 Å². The van der Waals surface area contributed by atoms with Crippen LogP contribution < -0.4 is 9.64 Å². The quantitative estimate of drug-likeness (QED) is 0.336. The van der Waals surface area contributed by atoms with Gasteiger partial charge in [0.2, 0.25) is 10.0 Å². The molecule has 0 saturated heterocycles. The molecule has 0 aromatic heterocycles. The molecule has 1 heterocycles. The molecule has 0 fully saturated rings. The summed E-state index contributed by atoms with van der Waals surface area (Å²) in [6.45, 7) is -0.589. The Balaban J connectivity index is 1.49. The average Bonchev–Trinajstić information content (AvgIpc) is 3.13. The lowest BCUT2D eigenvalue weighted by Crippen LogP contribution is -2.50. The molecule has 0 spiro atoms. The zero-order valence-corrected chi connectivity index (χ0v) is 22.0. The highest BCUT2D eigenvalue weighted by Crippen LogP contribution is 2.33. The van der Waals surface area contributed by atoms with E-state index >= 15 is 0 Å². The maximum absolute atomic E-state index is 13.8. The highest BCUT2D eigenvalue weighted by Gasteiger charge is 2.41. The van der Waals surface area contributed by atoms with Crippen LogP contribution in [0.5, 0.6) is 11.5 Å². The van der Waals surface area contributed by atoms with Crippen molar-refractivity contribution in [2.24, 2.45) is 0 Å². The van der Waals surface area contributed by atoms with Crippen LogP contribution in [0.4, 0.5) is 5.69 Å². The maximum Gasteiger partial charge on any atom is 0.323 e. The normalized spacial score (nSPS) is 15.7. The Morgan fingerprint density at radius 3 is 2.05 bits per heavy atom. The van der Waals surface area contributed by atoms with Gasteiger partial charge in [-0.25, -0.2) is 8.42 Å². The first-order valence-corrected chi connectivity index (χ1v) is 13.8. The van der Waals surface area contributed by atoms with Crippen LogP contribution in [0.3, 0.4) is 0 Å². The Morgan fingerprint density at radius 2 is 1.41 bits per heavy atom. The molecule has 1 amide bonds. The van der Waals surface area contributed by atoms with Crippen molar-refractivity contribution in [3.05, 3.63) is 119 Å². The third-order valence-corrected chi connectivity index (χ3v) is 8.46. The van der Waals surface area contributed by atoms with E-state index in [4.69, 9.17) is 16.3 Å². The van der Waals surface area contributed by atoms with Gasteiger partial charge in [-0.2, -0.15) is 4.31 Å². The summed E-state index contributed by atoms with van der Waals surface area (Å²) in [7, 11) is -4.29. The standard InChI is InChI=1S/C29H23ClN2O6S/c30-22-10-12-23(13-11-22)38-24-14-16-25(17-15-24)39(36,37)32-18-21-8-4-5-9-26(21)31(19-27(32)29(34)35)28(33)20-6-2-1-3-7-20/h1-17,27H,18-19H2,(H,34,35). The monoisotopic (exact) mass is 562 g/mol. The lowest BCUT2D eigenvalue weighted by molar-refractivity contribution is -0.141. The zero-order chi connectivity index (χ0) is 27.6. The number of hydrogen-bond donors (Lipinski definition) is 1. The largest absolute Gasteiger partial charge is 0.480 e. The lowest BCUT2D eigenvalue weighted by Gasteiger charge is -2.28. The first kappa shape index (κ1) is 26.4. The number of carbonyl (C=O) groups excluding carboxylic acids is 1. The minimum absolute atomic E-state index is 0.0995. The number of benzene rings is 4. The molecule has 0 aliphatic carbocycles. The predicted octanol–water partition coefficient (Wildman–Crippen LogP) is 5.44. The van der Waals surface area contributed by atoms with E-state index < -0.39 is 27.9 Å². The van der Waals surface area contributed by atoms with Crippen molar-refractivity contribution in [2.75, 3.05) is 11.4 Å². The molecule has 1 unspecified atom stereocenters. The fraction of sp³-hybridized carbons (Fsp3) is 0.103. The minimum Gasteiger partial charge on any atom is -0.480 e. The number of carbonyl (C=O) groups is 2. The van der Waals surface area contributed by atoms with Crippen molar-refractivity contribution < 1.29 is 27.9 Å². The minimum atomic E-state index is -4.29. The summed E-state index contributed by atoms with van der Waals surface area (Å²) in [5.74, 6) is -0.864. The Morgan fingerprint density at radius 1 is 0.821 bits per heavy atom. The molecule has 0 saturated carbocycles. The van der Waals surface area contributed by atoms with Crippen LogP contribution in [-0.2, 0) is 21.4 Å². The molecule has 1 N–H and O–H groups in total. The van der Waals surface area contributed by atoms with Crippen LogP contribution in [0, 0.1) is 0 Å². The summed E-state index contributed by atoms with van der Waals surface area (Å²) < 4.78 is 34.3. The molecule has 1 aliphatic rings. The smallest absolute Gasteiger partial charge is 0.323 e. The van der Waals surface area contributed by atoms with Crippen LogP contribution in [0.2, 0.25) is 5.02 Å². The fourth-order valence-corrected chi connectivity index (χ4v) is 6.06. The summed E-state index contributed by atoms with van der Waals surface area (Å²) in [5, 5.41) is 10.7. The van der Waals surface area contributed by atoms with Gasteiger partial charge in [-0.1, -0.05) is 48.0 Å². The summed E-state index contributed by atoms with van der Waals surface area (Å²) >= 11 is 5.90. The van der Waals surface area contributed by atoms with Gasteiger partial charge in [0.25, 0.3) is 5.91 Å². The van der Waals surface area contributed by atoms with Crippen molar-refractivity contribution in [3.63, 3.8) is 0 Å². The summed E-state index contributed by atoms with van der Waals surface area (Å²) in [4.78, 5) is 27.2. The van der Waals surface area contributed by atoms with Gasteiger partial charge in [-0.3, -0.25) is 9.59 Å². The number of sulfonamides is 1. The number of halogens is 1. The van der Waals surface area contributed by atoms with Gasteiger partial charge in [-0.15, -0.1) is 0 Å². The maximum atomic E-state index is 13.8. The third kappa shape index (κ3) is 5.51. The molecule has 10 heteroatoms. The third-order valence-electron chi connectivity index (χ3n) is 6.34. The Labute approximate surface area is 230 Å². The molecule has 8 nitrogen and oxygen atoms in total. The number of nitrogens with zero attached hydrogens (tertiary/aromatic N) is 2. The van der Waals surface area contributed by atoms with E-state index in [0.717, 1.165) is 4.31 Å². The molecule has 198 valence electrons. The second-order valence-electron chi connectivity index (χ2n) is 8.84. The molecule has 1 atom stereocenters. The molecule has 0 radical (unpaired) electrons. The van der Waals surface area contributed by atoms with E-state index in [9.17, 15) is 23.1 Å². The highest BCUT2D eigenvalue weighted by molar-refractivity contribution is 7.89. The van der Waals surface area contributed by atoms with Gasteiger partial charge < -0.3 is 14.7 Å². The van der Waals surface area contributed by atoms with E-state index in [1.54, 1.807) is 78.9 Å². The molecular weight excluding hydrogens is 540 g/mol. The number of fused-ring (bicyclic) bond motifs is 1. The second kappa shape index (κ2) is 10.9. The second-order valence-corrected chi connectivity index (χ2v) is 11.2. The summed E-state index contributed by atoms with van der Waals surface area (Å²) in [6.07, 6.45) is 0. The molecule has 39 heavy (non-hydrogen) atoms. The van der Waals surface area contributed by atoms with Gasteiger partial charge in [0.15, 0.2) is 0 Å². The van der Waals surface area contributed by atoms with E-state index in [1.807, 2.05) is 0 Å². The molecule has 1 aliphatic heterocycles. The number of carboxylic acid groups (broad SMARTS) is 1. The van der Waals surface area contributed by atoms with E-state index in [1.165, 1.54) is 29.2 Å². The van der Waals surface area contributed by atoms with Crippen molar-refractivity contribution in [1.82, 2.24) is 4.31 Å². The van der Waals surface area contributed by atoms with E-state index in [-0.39, 0.29) is 18.0 Å². The topological polar surface area (TPSA) is 104 Å². The molecule has 5 rings (SSSR count). The number of carboxylic acids is 1. The van der Waals surface area contributed by atoms with Crippen molar-refractivity contribution in [2.45, 2.75) is 17.5 Å². The van der Waals surface area contributed by atoms with Crippen LogP contribution in [0.1, 0.15) is 15.9 Å². The molecule has 4 aromatic rings. The number of ether oxygens (including phenoxy) is 1. The Bertz CT molecular complexity index is 1610. The Kier molecular flexibility index (Phi) is 7.38. The van der Waals surface area contributed by atoms with Crippen LogP contribution in [0.15, 0.2) is 108 Å². The average molecular weight is 563 g/mol. The summed E-state index contributed by atoms with van der Waals surface area (Å²) in [6, 6.07) is 26.2.